The molecule has 1 aliphatic heterocycles. The number of rotatable bonds is 3. The van der Waals surface area contributed by atoms with Gasteiger partial charge in [0.05, 0.1) is 4.91 Å². The van der Waals surface area contributed by atoms with E-state index in [1.807, 2.05) is 30.3 Å². The van der Waals surface area contributed by atoms with Crippen molar-refractivity contribution in [3.05, 3.63) is 39.2 Å². The molecular formula is C12H11BrN2OS2. The molecule has 1 aromatic rings. The highest BCUT2D eigenvalue weighted by Gasteiger charge is 2.31. The molecule has 1 aliphatic rings. The molecule has 0 bridgehead atoms. The summed E-state index contributed by atoms with van der Waals surface area (Å²) < 4.78 is 1.59. The average Bonchev–Trinajstić information content (AvgIpc) is 2.60. The number of nitrogens with two attached hydrogens (primary N) is 1. The SMILES string of the molecule is NCCN1C(=O)/C(=C\c2ccc(Br)cc2)SC1=S. The van der Waals surface area contributed by atoms with E-state index < -0.39 is 0 Å². The minimum absolute atomic E-state index is 0.0571. The number of thiocarbonyl (C=S) groups is 1. The fourth-order valence-corrected chi connectivity index (χ4v) is 3.11. The van der Waals surface area contributed by atoms with Gasteiger partial charge in [0.15, 0.2) is 0 Å². The van der Waals surface area contributed by atoms with Crippen molar-refractivity contribution < 1.29 is 4.79 Å². The summed E-state index contributed by atoms with van der Waals surface area (Å²) in [5.74, 6) is -0.0571. The van der Waals surface area contributed by atoms with Crippen molar-refractivity contribution in [3.63, 3.8) is 0 Å². The summed E-state index contributed by atoms with van der Waals surface area (Å²) in [6, 6.07) is 7.76. The fraction of sp³-hybridized carbons (Fsp3) is 0.167. The molecule has 2 rings (SSSR count). The van der Waals surface area contributed by atoms with Crippen LogP contribution in [0, 0.1) is 0 Å². The second kappa shape index (κ2) is 5.97. The van der Waals surface area contributed by atoms with Crippen molar-refractivity contribution in [2.45, 2.75) is 0 Å². The molecule has 1 heterocycles. The van der Waals surface area contributed by atoms with Crippen molar-refractivity contribution in [1.29, 1.82) is 0 Å². The van der Waals surface area contributed by atoms with E-state index in [2.05, 4.69) is 15.9 Å². The lowest BCUT2D eigenvalue weighted by Crippen LogP contribution is -2.32. The Labute approximate surface area is 124 Å². The molecule has 94 valence electrons. The van der Waals surface area contributed by atoms with Crippen LogP contribution in [0.5, 0.6) is 0 Å². The first-order valence-electron chi connectivity index (χ1n) is 5.33. The number of carbonyl (C=O) groups is 1. The second-order valence-electron chi connectivity index (χ2n) is 3.67. The van der Waals surface area contributed by atoms with E-state index >= 15 is 0 Å². The van der Waals surface area contributed by atoms with Gasteiger partial charge in [-0.05, 0) is 23.8 Å². The van der Waals surface area contributed by atoms with Gasteiger partial charge >= 0.3 is 0 Å². The van der Waals surface area contributed by atoms with Crippen molar-refractivity contribution in [2.24, 2.45) is 5.73 Å². The third-order valence-corrected chi connectivity index (χ3v) is 4.30. The molecule has 1 saturated heterocycles. The minimum Gasteiger partial charge on any atom is -0.329 e. The Balaban J connectivity index is 2.22. The Morgan fingerprint density at radius 2 is 2.06 bits per heavy atom. The van der Waals surface area contributed by atoms with Gasteiger partial charge in [0.2, 0.25) is 0 Å². The first-order chi connectivity index (χ1) is 8.61. The monoisotopic (exact) mass is 342 g/mol. The van der Waals surface area contributed by atoms with Crippen LogP contribution in [-0.4, -0.2) is 28.2 Å². The molecule has 6 heteroatoms. The van der Waals surface area contributed by atoms with Gasteiger partial charge in [-0.25, -0.2) is 0 Å². The lowest BCUT2D eigenvalue weighted by molar-refractivity contribution is -0.122. The Hall–Kier alpha value is -0.690. The Morgan fingerprint density at radius 3 is 2.67 bits per heavy atom. The van der Waals surface area contributed by atoms with Crippen LogP contribution in [0.2, 0.25) is 0 Å². The smallest absolute Gasteiger partial charge is 0.266 e. The number of hydrogen-bond donors (Lipinski definition) is 1. The number of hydrogen-bond acceptors (Lipinski definition) is 4. The molecular weight excluding hydrogens is 332 g/mol. The largest absolute Gasteiger partial charge is 0.329 e. The third kappa shape index (κ3) is 3.00. The Kier molecular flexibility index (Phi) is 4.55. The normalized spacial score (nSPS) is 17.9. The summed E-state index contributed by atoms with van der Waals surface area (Å²) in [5.41, 5.74) is 6.44. The van der Waals surface area contributed by atoms with Crippen LogP contribution >= 0.6 is 39.9 Å². The van der Waals surface area contributed by atoms with Gasteiger partial charge in [0.25, 0.3) is 5.91 Å². The number of benzene rings is 1. The zero-order valence-electron chi connectivity index (χ0n) is 9.43. The highest BCUT2D eigenvalue weighted by atomic mass is 79.9. The van der Waals surface area contributed by atoms with Crippen molar-refractivity contribution in [1.82, 2.24) is 4.90 Å². The first kappa shape index (κ1) is 13.7. The molecule has 0 atom stereocenters. The molecule has 0 radical (unpaired) electrons. The molecule has 3 nitrogen and oxygen atoms in total. The summed E-state index contributed by atoms with van der Waals surface area (Å²) in [6.45, 7) is 0.889. The fourth-order valence-electron chi connectivity index (χ4n) is 1.53. The molecule has 0 unspecified atom stereocenters. The number of amides is 1. The third-order valence-electron chi connectivity index (χ3n) is 2.39. The molecule has 0 saturated carbocycles. The summed E-state index contributed by atoms with van der Waals surface area (Å²) >= 11 is 9.86. The van der Waals surface area contributed by atoms with Gasteiger partial charge in [-0.15, -0.1) is 0 Å². The molecule has 1 aromatic carbocycles. The molecule has 0 spiro atoms. The lowest BCUT2D eigenvalue weighted by Gasteiger charge is -2.11. The number of thioether (sulfide) groups is 1. The van der Waals surface area contributed by atoms with E-state index in [0.717, 1.165) is 10.0 Å². The van der Waals surface area contributed by atoms with E-state index in [9.17, 15) is 4.79 Å². The molecule has 1 fully saturated rings. The van der Waals surface area contributed by atoms with E-state index in [1.54, 1.807) is 4.90 Å². The summed E-state index contributed by atoms with van der Waals surface area (Å²) in [6.07, 6.45) is 1.85. The molecule has 18 heavy (non-hydrogen) atoms. The topological polar surface area (TPSA) is 46.3 Å². The zero-order valence-corrected chi connectivity index (χ0v) is 12.6. The highest BCUT2D eigenvalue weighted by Crippen LogP contribution is 2.32. The van der Waals surface area contributed by atoms with Crippen LogP contribution < -0.4 is 5.73 Å². The number of carbonyl (C=O) groups excluding carboxylic acids is 1. The maximum atomic E-state index is 12.1. The van der Waals surface area contributed by atoms with Crippen LogP contribution in [0.3, 0.4) is 0 Å². The summed E-state index contributed by atoms with van der Waals surface area (Å²) in [4.78, 5) is 14.3. The van der Waals surface area contributed by atoms with Gasteiger partial charge in [0.1, 0.15) is 4.32 Å². The first-order valence-corrected chi connectivity index (χ1v) is 7.34. The zero-order chi connectivity index (χ0) is 13.1. The van der Waals surface area contributed by atoms with Crippen LogP contribution in [0.15, 0.2) is 33.6 Å². The second-order valence-corrected chi connectivity index (χ2v) is 6.27. The quantitative estimate of drug-likeness (QED) is 0.677. The maximum absolute atomic E-state index is 12.1. The molecule has 1 amide bonds. The minimum atomic E-state index is -0.0571. The van der Waals surface area contributed by atoms with Crippen LogP contribution in [0.4, 0.5) is 0 Å². The van der Waals surface area contributed by atoms with Gasteiger partial charge in [-0.1, -0.05) is 52.0 Å². The predicted molar refractivity (Wildman–Crippen MR) is 83.1 cm³/mol. The lowest BCUT2D eigenvalue weighted by atomic mass is 10.2. The number of nitrogens with zero attached hydrogens (tertiary/aromatic N) is 1. The van der Waals surface area contributed by atoms with E-state index in [4.69, 9.17) is 18.0 Å². The van der Waals surface area contributed by atoms with E-state index in [0.29, 0.717) is 22.3 Å². The average molecular weight is 343 g/mol. The van der Waals surface area contributed by atoms with Crippen molar-refractivity contribution in [2.75, 3.05) is 13.1 Å². The van der Waals surface area contributed by atoms with Gasteiger partial charge in [-0.3, -0.25) is 9.69 Å². The van der Waals surface area contributed by atoms with Crippen LogP contribution in [0.25, 0.3) is 6.08 Å². The molecule has 0 aromatic heterocycles. The maximum Gasteiger partial charge on any atom is 0.266 e. The molecule has 0 aliphatic carbocycles. The van der Waals surface area contributed by atoms with E-state index in [-0.39, 0.29) is 5.91 Å². The highest BCUT2D eigenvalue weighted by molar-refractivity contribution is 9.10. The Morgan fingerprint density at radius 1 is 1.39 bits per heavy atom. The molecule has 2 N–H and O–H groups in total. The van der Waals surface area contributed by atoms with Gasteiger partial charge in [-0.2, -0.15) is 0 Å². The van der Waals surface area contributed by atoms with Crippen LogP contribution in [-0.2, 0) is 4.79 Å². The van der Waals surface area contributed by atoms with Crippen molar-refractivity contribution >= 4 is 56.2 Å². The standard InChI is InChI=1S/C12H11BrN2OS2/c13-9-3-1-8(2-4-9)7-10-11(16)15(6-5-14)12(17)18-10/h1-4,7H,5-6,14H2/b10-7+. The van der Waals surface area contributed by atoms with Crippen molar-refractivity contribution in [3.8, 4) is 0 Å². The Bertz CT molecular complexity index is 513. The van der Waals surface area contributed by atoms with Gasteiger partial charge in [0, 0.05) is 17.6 Å². The van der Waals surface area contributed by atoms with Crippen LogP contribution in [0.1, 0.15) is 5.56 Å². The summed E-state index contributed by atoms with van der Waals surface area (Å²) in [7, 11) is 0. The predicted octanol–water partition coefficient (Wildman–Crippen LogP) is 2.61. The van der Waals surface area contributed by atoms with Gasteiger partial charge < -0.3 is 5.73 Å². The van der Waals surface area contributed by atoms with E-state index in [1.165, 1.54) is 11.8 Å². The summed E-state index contributed by atoms with van der Waals surface area (Å²) in [5, 5.41) is 0. The number of halogens is 1.